The minimum atomic E-state index is -0.767. The maximum absolute atomic E-state index is 12.4. The van der Waals surface area contributed by atoms with Crippen LogP contribution in [-0.2, 0) is 20.9 Å². The first-order chi connectivity index (χ1) is 12.6. The Kier molecular flexibility index (Phi) is 8.78. The van der Waals surface area contributed by atoms with Crippen LogP contribution in [0.15, 0.2) is 30.3 Å². The van der Waals surface area contributed by atoms with E-state index < -0.39 is 18.0 Å². The van der Waals surface area contributed by atoms with Crippen molar-refractivity contribution in [3.8, 4) is 0 Å². The van der Waals surface area contributed by atoms with Gasteiger partial charge in [0.1, 0.15) is 12.6 Å². The molecule has 0 unspecified atom stereocenters. The van der Waals surface area contributed by atoms with Gasteiger partial charge < -0.3 is 10.1 Å². The Morgan fingerprint density at radius 2 is 1.67 bits per heavy atom. The first-order valence-corrected chi connectivity index (χ1v) is 9.13. The number of hydrogen-bond donors (Lipinski definition) is 3. The number of nitrogens with one attached hydrogen (secondary N) is 3. The quantitative estimate of drug-likeness (QED) is 0.637. The molecule has 0 aliphatic rings. The van der Waals surface area contributed by atoms with E-state index >= 15 is 0 Å². The van der Waals surface area contributed by atoms with Crippen molar-refractivity contribution in [3.05, 3.63) is 35.9 Å². The Balaban J connectivity index is 2.50. The highest BCUT2D eigenvalue weighted by Crippen LogP contribution is 2.18. The predicted molar refractivity (Wildman–Crippen MR) is 103 cm³/mol. The molecular weight excluding hydrogens is 346 g/mol. The van der Waals surface area contributed by atoms with E-state index in [1.54, 1.807) is 0 Å². The minimum absolute atomic E-state index is 0.0975. The molecule has 3 N–H and O–H groups in total. The van der Waals surface area contributed by atoms with Gasteiger partial charge in [0.2, 0.25) is 5.91 Å². The Labute approximate surface area is 161 Å². The molecule has 0 spiro atoms. The molecule has 0 radical (unpaired) electrons. The summed E-state index contributed by atoms with van der Waals surface area (Å²) in [6.07, 6.45) is 0.000625. The molecule has 0 saturated carbocycles. The SMILES string of the molecule is CC(C)C[C@H](NC(=O)CC(C)(C)C)C(=O)NNC(=O)OCc1ccccc1. The van der Waals surface area contributed by atoms with Crippen LogP contribution in [0.3, 0.4) is 0 Å². The van der Waals surface area contributed by atoms with Crippen LogP contribution in [0.1, 0.15) is 53.0 Å². The molecule has 0 bridgehead atoms. The van der Waals surface area contributed by atoms with Crippen LogP contribution in [0.25, 0.3) is 0 Å². The van der Waals surface area contributed by atoms with E-state index in [0.717, 1.165) is 5.56 Å². The van der Waals surface area contributed by atoms with E-state index in [-0.39, 0.29) is 23.8 Å². The van der Waals surface area contributed by atoms with Gasteiger partial charge in [0.25, 0.3) is 5.91 Å². The molecule has 7 heteroatoms. The van der Waals surface area contributed by atoms with Gasteiger partial charge in [0, 0.05) is 6.42 Å². The van der Waals surface area contributed by atoms with E-state index in [2.05, 4.69) is 16.2 Å². The average molecular weight is 377 g/mol. The van der Waals surface area contributed by atoms with Crippen molar-refractivity contribution >= 4 is 17.9 Å². The predicted octanol–water partition coefficient (Wildman–Crippen LogP) is 2.91. The summed E-state index contributed by atoms with van der Waals surface area (Å²) in [6, 6.07) is 8.48. The van der Waals surface area contributed by atoms with Gasteiger partial charge in [-0.2, -0.15) is 0 Å². The molecule has 1 aromatic rings. The average Bonchev–Trinajstić information content (AvgIpc) is 2.56. The Morgan fingerprint density at radius 3 is 2.22 bits per heavy atom. The second kappa shape index (κ2) is 10.5. The van der Waals surface area contributed by atoms with Gasteiger partial charge in [-0.1, -0.05) is 65.0 Å². The van der Waals surface area contributed by atoms with E-state index in [1.807, 2.05) is 65.0 Å². The molecule has 0 aliphatic carbocycles. The lowest BCUT2D eigenvalue weighted by Crippen LogP contribution is -2.53. The lowest BCUT2D eigenvalue weighted by atomic mass is 9.91. The summed E-state index contributed by atoms with van der Waals surface area (Å²) in [6.45, 7) is 9.87. The van der Waals surface area contributed by atoms with E-state index in [4.69, 9.17) is 4.74 Å². The summed E-state index contributed by atoms with van der Waals surface area (Å²) < 4.78 is 5.03. The van der Waals surface area contributed by atoms with Gasteiger partial charge in [-0.3, -0.25) is 15.0 Å². The normalized spacial score (nSPS) is 12.2. The molecule has 1 aromatic carbocycles. The molecule has 3 amide bonds. The van der Waals surface area contributed by atoms with Gasteiger partial charge in [0.15, 0.2) is 0 Å². The summed E-state index contributed by atoms with van der Waals surface area (Å²) in [7, 11) is 0. The molecular formula is C20H31N3O4. The van der Waals surface area contributed by atoms with Gasteiger partial charge >= 0.3 is 6.09 Å². The van der Waals surface area contributed by atoms with E-state index in [9.17, 15) is 14.4 Å². The first kappa shape index (κ1) is 22.5. The molecule has 0 saturated heterocycles. The number of rotatable bonds is 7. The molecule has 1 rings (SSSR count). The Bertz CT molecular complexity index is 624. The third kappa shape index (κ3) is 10.2. The van der Waals surface area contributed by atoms with Gasteiger partial charge in [-0.25, -0.2) is 10.2 Å². The third-order valence-electron chi connectivity index (χ3n) is 3.55. The van der Waals surface area contributed by atoms with Crippen LogP contribution in [0.2, 0.25) is 0 Å². The standard InChI is InChI=1S/C20H31N3O4/c1-14(2)11-16(21-17(24)12-20(3,4)5)18(25)22-23-19(26)27-13-15-9-7-6-8-10-15/h6-10,14,16H,11-13H2,1-5H3,(H,21,24)(H,22,25)(H,23,26)/t16-/m0/s1. The van der Waals surface area contributed by atoms with Gasteiger partial charge in [-0.15, -0.1) is 0 Å². The van der Waals surface area contributed by atoms with Gasteiger partial charge in [-0.05, 0) is 23.3 Å². The molecule has 0 aromatic heterocycles. The van der Waals surface area contributed by atoms with Crippen molar-refractivity contribution in [2.75, 3.05) is 0 Å². The largest absolute Gasteiger partial charge is 0.443 e. The molecule has 7 nitrogen and oxygen atoms in total. The zero-order chi connectivity index (χ0) is 20.4. The summed E-state index contributed by atoms with van der Waals surface area (Å²) in [5, 5.41) is 2.74. The van der Waals surface area contributed by atoms with Crippen LogP contribution in [-0.4, -0.2) is 23.9 Å². The van der Waals surface area contributed by atoms with Crippen molar-refractivity contribution in [1.29, 1.82) is 0 Å². The number of hydrazine groups is 1. The fourth-order valence-corrected chi connectivity index (χ4v) is 2.39. The molecule has 0 heterocycles. The van der Waals surface area contributed by atoms with Crippen LogP contribution < -0.4 is 16.2 Å². The summed E-state index contributed by atoms with van der Waals surface area (Å²) in [5.74, 6) is -0.488. The number of amides is 3. The smallest absolute Gasteiger partial charge is 0.426 e. The zero-order valence-corrected chi connectivity index (χ0v) is 16.8. The molecule has 27 heavy (non-hydrogen) atoms. The summed E-state index contributed by atoms with van der Waals surface area (Å²) >= 11 is 0. The molecule has 1 atom stereocenters. The van der Waals surface area contributed by atoms with Crippen molar-refractivity contribution in [2.45, 2.75) is 60.1 Å². The monoisotopic (exact) mass is 377 g/mol. The molecule has 150 valence electrons. The Hall–Kier alpha value is -2.57. The fraction of sp³-hybridized carbons (Fsp3) is 0.550. The molecule has 0 fully saturated rings. The van der Waals surface area contributed by atoms with Crippen molar-refractivity contribution < 1.29 is 19.1 Å². The first-order valence-electron chi connectivity index (χ1n) is 9.13. The maximum atomic E-state index is 12.4. The van der Waals surface area contributed by atoms with Crippen molar-refractivity contribution in [3.63, 3.8) is 0 Å². The highest BCUT2D eigenvalue weighted by atomic mass is 16.6. The highest BCUT2D eigenvalue weighted by Gasteiger charge is 2.24. The van der Waals surface area contributed by atoms with Crippen LogP contribution in [0.4, 0.5) is 4.79 Å². The maximum Gasteiger partial charge on any atom is 0.426 e. The minimum Gasteiger partial charge on any atom is -0.443 e. The van der Waals surface area contributed by atoms with Crippen LogP contribution in [0.5, 0.6) is 0 Å². The van der Waals surface area contributed by atoms with E-state index in [1.165, 1.54) is 0 Å². The Morgan fingerprint density at radius 1 is 1.04 bits per heavy atom. The number of ether oxygens (including phenoxy) is 1. The second-order valence-electron chi connectivity index (χ2n) is 8.16. The zero-order valence-electron chi connectivity index (χ0n) is 16.8. The second-order valence-corrected chi connectivity index (χ2v) is 8.16. The number of carbonyl (C=O) groups is 3. The highest BCUT2D eigenvalue weighted by molar-refractivity contribution is 5.88. The van der Waals surface area contributed by atoms with Crippen molar-refractivity contribution in [2.24, 2.45) is 11.3 Å². The molecule has 0 aliphatic heterocycles. The van der Waals surface area contributed by atoms with E-state index in [0.29, 0.717) is 12.8 Å². The number of hydrogen-bond acceptors (Lipinski definition) is 4. The summed E-state index contributed by atoms with van der Waals surface area (Å²) in [4.78, 5) is 36.3. The number of carbonyl (C=O) groups excluding carboxylic acids is 3. The third-order valence-corrected chi connectivity index (χ3v) is 3.55. The van der Waals surface area contributed by atoms with Crippen LogP contribution in [0, 0.1) is 11.3 Å². The summed E-state index contributed by atoms with van der Waals surface area (Å²) in [5.41, 5.74) is 5.19. The topological polar surface area (TPSA) is 96.5 Å². The fourth-order valence-electron chi connectivity index (χ4n) is 2.39. The number of benzene rings is 1. The van der Waals surface area contributed by atoms with Gasteiger partial charge in [0.05, 0.1) is 0 Å². The lowest BCUT2D eigenvalue weighted by molar-refractivity contribution is -0.130. The lowest BCUT2D eigenvalue weighted by Gasteiger charge is -2.23. The van der Waals surface area contributed by atoms with Crippen molar-refractivity contribution in [1.82, 2.24) is 16.2 Å². The van der Waals surface area contributed by atoms with Crippen LogP contribution >= 0.6 is 0 Å².